The van der Waals surface area contributed by atoms with Gasteiger partial charge in [0, 0.05) is 0 Å². The van der Waals surface area contributed by atoms with Crippen LogP contribution in [0.4, 0.5) is 0 Å². The summed E-state index contributed by atoms with van der Waals surface area (Å²) in [7, 11) is 16.0. The second-order valence-electron chi connectivity index (χ2n) is 12.8. The van der Waals surface area contributed by atoms with Crippen molar-refractivity contribution in [1.82, 2.24) is 14.1 Å². The molecule has 2 heterocycles. The first-order chi connectivity index (χ1) is 22.7. The van der Waals surface area contributed by atoms with Crippen molar-refractivity contribution < 1.29 is 13.0 Å². The molecule has 0 atom stereocenters. The monoisotopic (exact) mass is 768 g/mol. The molecule has 0 radical (unpaired) electrons. The van der Waals surface area contributed by atoms with Gasteiger partial charge < -0.3 is 0 Å². The van der Waals surface area contributed by atoms with Crippen molar-refractivity contribution in [3.63, 3.8) is 0 Å². The first-order valence-electron chi connectivity index (χ1n) is 18.1. The zero-order chi connectivity index (χ0) is 34.3. The molecule has 2 aromatic carbocycles. The Morgan fingerprint density at radius 3 is 1.19 bits per heavy atom. The Kier molecular flexibility index (Phi) is 13.8. The standard InChI is InChI=1S/C35H52N2.C6H6N.2ClH.Pd/c1-9-26(10-2)30-19-17-20-31(27(11-3)12-4)34(30)36-23-24-37(25-36)35-32(28(13-5)14-6)21-18-22-33(35)29(15-7)16-8;1-6-4-2-3-5-7-6;;;/h17-24,26-29H,9-16H2,1-8H3;2-3,5H,1H3;2*1H;/q;;;;-1/p-2. The van der Waals surface area contributed by atoms with Gasteiger partial charge in [0.05, 0.1) is 0 Å². The molecule has 6 heteroatoms. The fourth-order valence-electron chi connectivity index (χ4n) is 7.56. The quantitative estimate of drug-likeness (QED) is 0.110. The molecule has 0 saturated heterocycles. The Morgan fingerprint density at radius 2 is 0.894 bits per heavy atom. The van der Waals surface area contributed by atoms with Crippen LogP contribution < -0.4 is 4.04 Å². The summed E-state index contributed by atoms with van der Waals surface area (Å²) in [6.45, 7) is 20.6. The Hall–Kier alpha value is -1.96. The predicted octanol–water partition coefficient (Wildman–Crippen LogP) is 12.9. The number of nitrogens with zero attached hydrogens (tertiary/aromatic N) is 3. The summed E-state index contributed by atoms with van der Waals surface area (Å²) in [4.78, 5) is 4.70. The van der Waals surface area contributed by atoms with Gasteiger partial charge in [-0.15, -0.1) is 0 Å². The van der Waals surface area contributed by atoms with E-state index in [2.05, 4.69) is 119 Å². The number of imidazole rings is 1. The van der Waals surface area contributed by atoms with E-state index in [0.717, 1.165) is 65.0 Å². The molecule has 264 valence electrons. The second-order valence-corrected chi connectivity index (χ2v) is 21.1. The zero-order valence-corrected chi connectivity index (χ0v) is 33.3. The van der Waals surface area contributed by atoms with Gasteiger partial charge in [-0.05, 0) is 0 Å². The summed E-state index contributed by atoms with van der Waals surface area (Å²) < 4.78 is 6.80. The Morgan fingerprint density at radius 1 is 0.553 bits per heavy atom. The normalized spacial score (nSPS) is 12.7. The maximum atomic E-state index is 7.98. The van der Waals surface area contributed by atoms with E-state index in [1.165, 1.54) is 33.6 Å². The van der Waals surface area contributed by atoms with Crippen LogP contribution in [0.25, 0.3) is 11.4 Å². The molecule has 0 amide bonds. The molecule has 0 N–H and O–H groups in total. The zero-order valence-electron chi connectivity index (χ0n) is 30.2. The van der Waals surface area contributed by atoms with Gasteiger partial charge in [-0.3, -0.25) is 0 Å². The number of benzene rings is 2. The van der Waals surface area contributed by atoms with Crippen molar-refractivity contribution in [2.24, 2.45) is 0 Å². The summed E-state index contributed by atoms with van der Waals surface area (Å²) in [5.41, 5.74) is 9.00. The van der Waals surface area contributed by atoms with E-state index in [1.54, 1.807) is 0 Å². The third kappa shape index (κ3) is 7.48. The SMILES string of the molecule is CCC(CC)c1cccc(C(CC)CC)c1-n1ccn(-c2c(C(CC)CC)cccc2C(CC)CC)[c]1=[Pd-3]([Cl])([Cl])[c]1cccnc1C. The van der Waals surface area contributed by atoms with Gasteiger partial charge in [0.2, 0.25) is 0 Å². The average Bonchev–Trinajstić information content (AvgIpc) is 3.53. The van der Waals surface area contributed by atoms with Gasteiger partial charge in [0.25, 0.3) is 0 Å². The van der Waals surface area contributed by atoms with Gasteiger partial charge in [-0.2, -0.15) is 0 Å². The van der Waals surface area contributed by atoms with Crippen LogP contribution in [0.3, 0.4) is 0 Å². The molecule has 0 bridgehead atoms. The van der Waals surface area contributed by atoms with Crippen molar-refractivity contribution in [3.05, 3.63) is 99.0 Å². The molecule has 0 fully saturated rings. The van der Waals surface area contributed by atoms with E-state index in [1.807, 2.05) is 19.2 Å². The molecule has 0 spiro atoms. The Balaban J connectivity index is 2.35. The molecule has 3 nitrogen and oxygen atoms in total. The van der Waals surface area contributed by atoms with Crippen LogP contribution in [0, 0.1) is 10.8 Å². The first-order valence-corrected chi connectivity index (χ1v) is 23.6. The number of pyridine rings is 1. The van der Waals surface area contributed by atoms with Crippen molar-refractivity contribution >= 4 is 23.1 Å². The molecule has 0 aliphatic heterocycles. The molecule has 0 aliphatic rings. The number of rotatable bonds is 15. The van der Waals surface area contributed by atoms with Crippen molar-refractivity contribution in [2.45, 2.75) is 137 Å². The van der Waals surface area contributed by atoms with E-state index < -0.39 is 13.0 Å². The third-order valence-corrected chi connectivity index (χ3v) is 16.7. The van der Waals surface area contributed by atoms with Crippen LogP contribution in [-0.4, -0.2) is 14.1 Å². The van der Waals surface area contributed by atoms with Crippen molar-refractivity contribution in [1.29, 1.82) is 0 Å². The second kappa shape index (κ2) is 17.1. The molecular weight excluding hydrogens is 712 g/mol. The number of aryl methyl sites for hydroxylation is 1. The molecule has 4 aromatic rings. The summed E-state index contributed by atoms with van der Waals surface area (Å²) >= 11 is -3.57. The fourth-order valence-corrected chi connectivity index (χ4v) is 13.6. The molecule has 0 unspecified atom stereocenters. The fraction of sp³-hybridized carbons (Fsp3) is 0.512. The third-order valence-electron chi connectivity index (χ3n) is 10.4. The van der Waals surface area contributed by atoms with Crippen LogP contribution in [0.2, 0.25) is 0 Å². The molecule has 4 rings (SSSR count). The predicted molar refractivity (Wildman–Crippen MR) is 202 cm³/mol. The summed E-state index contributed by atoms with van der Waals surface area (Å²) in [5.74, 6) is 1.73. The van der Waals surface area contributed by atoms with Crippen LogP contribution >= 0.6 is 19.1 Å². The van der Waals surface area contributed by atoms with Gasteiger partial charge >= 0.3 is 298 Å². The molecule has 47 heavy (non-hydrogen) atoms. The Bertz CT molecular complexity index is 1540. The number of aromatic nitrogens is 3. The van der Waals surface area contributed by atoms with Gasteiger partial charge in [-0.25, -0.2) is 0 Å². The van der Waals surface area contributed by atoms with Gasteiger partial charge in [-0.1, -0.05) is 0 Å². The number of para-hydroxylation sites is 2. The summed E-state index contributed by atoms with van der Waals surface area (Å²) in [6.07, 6.45) is 15.0. The van der Waals surface area contributed by atoms with Crippen LogP contribution in [0.5, 0.6) is 0 Å². The summed E-state index contributed by atoms with van der Waals surface area (Å²) in [6, 6.07) is 18.0. The maximum absolute atomic E-state index is 7.98. The molecule has 0 aliphatic carbocycles. The van der Waals surface area contributed by atoms with E-state index in [4.69, 9.17) is 24.0 Å². The average molecular weight is 770 g/mol. The van der Waals surface area contributed by atoms with E-state index in [0.29, 0.717) is 23.7 Å². The molecule has 2 aromatic heterocycles. The van der Waals surface area contributed by atoms with Gasteiger partial charge in [0.1, 0.15) is 0 Å². The topological polar surface area (TPSA) is 22.8 Å². The van der Waals surface area contributed by atoms with E-state index in [-0.39, 0.29) is 0 Å². The Labute approximate surface area is 296 Å². The van der Waals surface area contributed by atoms with Crippen molar-refractivity contribution in [2.75, 3.05) is 0 Å². The van der Waals surface area contributed by atoms with Gasteiger partial charge in [0.15, 0.2) is 0 Å². The van der Waals surface area contributed by atoms with E-state index >= 15 is 0 Å². The van der Waals surface area contributed by atoms with Crippen LogP contribution in [-0.2, 0) is 13.0 Å². The van der Waals surface area contributed by atoms with Crippen LogP contribution in [0.15, 0.2) is 67.1 Å². The van der Waals surface area contributed by atoms with E-state index in [9.17, 15) is 0 Å². The van der Waals surface area contributed by atoms with Crippen LogP contribution in [0.1, 0.15) is 158 Å². The summed E-state index contributed by atoms with van der Waals surface area (Å²) in [5, 5.41) is 0. The number of hydrogen-bond donors (Lipinski definition) is 0. The number of hydrogen-bond acceptors (Lipinski definition) is 1. The number of halogens is 2. The van der Waals surface area contributed by atoms with Crippen molar-refractivity contribution in [3.8, 4) is 11.4 Å². The minimum atomic E-state index is -3.57. The first kappa shape index (κ1) is 37.9. The molecule has 0 saturated carbocycles. The molecular formula is C41H58Cl2N3Pd-3. The minimum absolute atomic E-state index is 0.433.